The van der Waals surface area contributed by atoms with E-state index in [1.54, 1.807) is 0 Å². The molecule has 0 saturated carbocycles. The van der Waals surface area contributed by atoms with Crippen molar-refractivity contribution in [2.24, 2.45) is 9.98 Å². The van der Waals surface area contributed by atoms with E-state index in [0.717, 1.165) is 208 Å². The van der Waals surface area contributed by atoms with E-state index in [1.165, 1.54) is 222 Å². The summed E-state index contributed by atoms with van der Waals surface area (Å²) in [5.41, 5.74) is 13.2. The van der Waals surface area contributed by atoms with Crippen LogP contribution in [0.15, 0.2) is 143 Å². The van der Waals surface area contributed by atoms with Crippen LogP contribution in [-0.4, -0.2) is 124 Å². The topological polar surface area (TPSA) is 244 Å². The average molecular weight is 1840 g/mol. The molecule has 0 atom stereocenters. The molecular weight excluding hydrogens is 1670 g/mol. The molecule has 3 aliphatic heterocycles. The Labute approximate surface area is 806 Å². The van der Waals surface area contributed by atoms with Crippen LogP contribution in [-0.2, 0) is 31.5 Å². The Bertz CT molecular complexity index is 4400. The number of unbranched alkanes of at least 4 members (excludes halogenated alkanes) is 40. The van der Waals surface area contributed by atoms with Gasteiger partial charge in [-0.05, 0) is 234 Å². The fraction of sp³-hybridized carbons (Fsp3) is 0.605. The normalized spacial score (nSPS) is 12.8. The average Bonchev–Trinajstić information content (AvgIpc) is 1.54. The molecule has 6 aromatic carbocycles. The highest BCUT2D eigenvalue weighted by molar-refractivity contribution is 6.54. The van der Waals surface area contributed by atoms with Gasteiger partial charge in [-0.3, -0.25) is 4.57 Å². The number of amides is 8. The standard InChI is InChI=1S/C114H170N12O8/c1-5-9-13-17-21-25-29-33-37-41-77-115-110(127)119-81-45-49-85-131-99-69-61-95(62-70-99)105-106(96-63-71-100(72-64-96)132-86-50-46-82-120-111(128)116-78-42-38-34-30-26-22-18-14-10-6-2)125-114(124-105)104-90-92-54-53-91-55-57-93(59-60-94(104)58-56-92)103(89-91)109-123-107(97-65-73-101(74-66-97)133-87-51-47-83-121-112(129)117-79-43-39-35-31-27-23-19-15-11-7-3)108(126(109)114)98-67-75-102(76-68-98)134-88-52-48-84-122-113(130)118-80-44-40-36-32-28-24-20-16-12-8-4/h55-58,61-76,89-90H,5-54,59-60,77-88H2,1-4H3,(H2,115,119,127)(H2,116,120,128)(H2,117,121,129)(H2,118,122,130). The number of carbonyl (C=O) groups is 4. The highest BCUT2D eigenvalue weighted by Gasteiger charge is 2.47. The molecule has 0 unspecified atom stereocenters. The van der Waals surface area contributed by atoms with E-state index in [4.69, 9.17) is 33.9 Å². The number of nitrogens with one attached hydrogen (secondary N) is 8. The van der Waals surface area contributed by atoms with Gasteiger partial charge in [-0.2, -0.15) is 0 Å². The molecule has 8 N–H and O–H groups in total. The van der Waals surface area contributed by atoms with Crippen molar-refractivity contribution >= 4 is 35.5 Å². The van der Waals surface area contributed by atoms with Gasteiger partial charge in [0.25, 0.3) is 5.79 Å². The van der Waals surface area contributed by atoms with Gasteiger partial charge in [0.1, 0.15) is 28.8 Å². The van der Waals surface area contributed by atoms with Gasteiger partial charge in [0, 0.05) is 85.7 Å². The summed E-state index contributed by atoms with van der Waals surface area (Å²) in [6, 6.07) is 46.8. The van der Waals surface area contributed by atoms with E-state index in [0.29, 0.717) is 90.2 Å². The van der Waals surface area contributed by atoms with Crippen molar-refractivity contribution in [3.05, 3.63) is 172 Å². The number of rotatable bonds is 72. The first kappa shape index (κ1) is 106. The second-order valence-electron chi connectivity index (χ2n) is 37.8. The Kier molecular flexibility index (Phi) is 50.9. The lowest BCUT2D eigenvalue weighted by Crippen LogP contribution is -2.36. The lowest BCUT2D eigenvalue weighted by Gasteiger charge is -2.31. The molecule has 3 aliphatic rings. The number of hydrogen-bond acceptors (Lipinski definition) is 11. The summed E-state index contributed by atoms with van der Waals surface area (Å²) in [4.78, 5) is 69.8. The predicted molar refractivity (Wildman–Crippen MR) is 555 cm³/mol. The molecule has 4 heterocycles. The van der Waals surface area contributed by atoms with Gasteiger partial charge in [0.2, 0.25) is 0 Å². The van der Waals surface area contributed by atoms with Crippen molar-refractivity contribution in [2.45, 2.75) is 367 Å². The van der Waals surface area contributed by atoms with Gasteiger partial charge in [0.15, 0.2) is 0 Å². The molecule has 0 fully saturated rings. The number of fused-ring (bicyclic) bond motifs is 2. The van der Waals surface area contributed by atoms with Crippen molar-refractivity contribution in [3.63, 3.8) is 0 Å². The molecule has 20 nitrogen and oxygen atoms in total. The molecule has 1 spiro atoms. The first-order valence-electron chi connectivity index (χ1n) is 53.6. The highest BCUT2D eigenvalue weighted by Crippen LogP contribution is 2.50. The van der Waals surface area contributed by atoms with Crippen LogP contribution in [0.25, 0.3) is 33.9 Å². The number of aliphatic imine (C=N–C) groups is 2. The summed E-state index contributed by atoms with van der Waals surface area (Å²) in [6.07, 6.45) is 59.7. The van der Waals surface area contributed by atoms with Crippen molar-refractivity contribution in [1.29, 1.82) is 0 Å². The molecule has 734 valence electrons. The molecule has 0 saturated heterocycles. The molecule has 1 aromatic heterocycles. The van der Waals surface area contributed by atoms with E-state index < -0.39 is 5.79 Å². The van der Waals surface area contributed by atoms with Crippen LogP contribution in [0.4, 0.5) is 19.2 Å². The van der Waals surface area contributed by atoms with E-state index in [9.17, 15) is 19.2 Å². The molecule has 134 heavy (non-hydrogen) atoms. The van der Waals surface area contributed by atoms with Gasteiger partial charge in [-0.25, -0.2) is 34.1 Å². The number of hydrogen-bond donors (Lipinski definition) is 8. The lowest BCUT2D eigenvalue weighted by atomic mass is 9.90. The zero-order chi connectivity index (χ0) is 93.8. The first-order valence-corrected chi connectivity index (χ1v) is 53.6. The largest absolute Gasteiger partial charge is 0.494 e. The van der Waals surface area contributed by atoms with Gasteiger partial charge >= 0.3 is 24.1 Å². The van der Waals surface area contributed by atoms with E-state index in [1.807, 2.05) is 36.4 Å². The fourth-order valence-corrected chi connectivity index (χ4v) is 18.5. The minimum absolute atomic E-state index is 0.112. The lowest BCUT2D eigenvalue weighted by molar-refractivity contribution is 0.239. The van der Waals surface area contributed by atoms with Crippen LogP contribution in [0.5, 0.6) is 23.0 Å². The summed E-state index contributed by atoms with van der Waals surface area (Å²) >= 11 is 0. The van der Waals surface area contributed by atoms with Crippen molar-refractivity contribution < 1.29 is 38.1 Å². The Balaban J connectivity index is 0.897. The zero-order valence-corrected chi connectivity index (χ0v) is 83.0. The number of imidazole rings is 1. The van der Waals surface area contributed by atoms with Gasteiger partial charge in [-0.15, -0.1) is 0 Å². The maximum absolute atomic E-state index is 12.8. The smallest absolute Gasteiger partial charge is 0.314 e. The SMILES string of the molecule is CCCCCCCCCCCCNC(=O)NCCCCOc1ccc(C2=NC3(N=C2c2ccc(OCCCCNC(=O)NCCCCCCCCCCCC)cc2)c2cc4ccc2CCc2ccc(cc2-c2nc(-c5ccc(OCCCCNC(=O)NCCCCCCCCCCCC)cc5)c(-c5ccc(OCCCCNC(=O)NCCCCCCCCCCCC)cc5)n23)CC4)cc1. The predicted octanol–water partition coefficient (Wildman–Crippen LogP) is 27.2. The molecule has 4 bridgehead atoms. The minimum Gasteiger partial charge on any atom is -0.494 e. The maximum Gasteiger partial charge on any atom is 0.314 e. The molecule has 0 aliphatic carbocycles. The molecular formula is C114H170N12O8. The van der Waals surface area contributed by atoms with Crippen molar-refractivity contribution in [1.82, 2.24) is 52.1 Å². The first-order chi connectivity index (χ1) is 66.1. The van der Waals surface area contributed by atoms with Crippen LogP contribution in [0.3, 0.4) is 0 Å². The van der Waals surface area contributed by atoms with Crippen LogP contribution in [0.2, 0.25) is 0 Å². The fourth-order valence-electron chi connectivity index (χ4n) is 18.5. The Morgan fingerprint density at radius 2 is 0.545 bits per heavy atom. The number of aromatic nitrogens is 2. The number of urea groups is 4. The second kappa shape index (κ2) is 64.2. The van der Waals surface area contributed by atoms with Crippen molar-refractivity contribution in [2.75, 3.05) is 78.8 Å². The number of aryl methyl sites for hydroxylation is 4. The summed E-state index contributed by atoms with van der Waals surface area (Å²) in [7, 11) is 0. The number of nitrogens with zero attached hydrogens (tertiary/aromatic N) is 4. The van der Waals surface area contributed by atoms with Crippen LogP contribution < -0.4 is 61.5 Å². The summed E-state index contributed by atoms with van der Waals surface area (Å²) in [5.74, 6) is 2.18. The molecule has 8 amide bonds. The zero-order valence-electron chi connectivity index (χ0n) is 83.0. The molecule has 7 aromatic rings. The van der Waals surface area contributed by atoms with Crippen LogP contribution in [0, 0.1) is 0 Å². The summed E-state index contributed by atoms with van der Waals surface area (Å²) in [6.45, 7) is 16.0. The van der Waals surface area contributed by atoms with E-state index >= 15 is 0 Å². The summed E-state index contributed by atoms with van der Waals surface area (Å²) < 4.78 is 28.4. The Morgan fingerprint density at radius 3 is 0.858 bits per heavy atom. The Morgan fingerprint density at radius 1 is 0.284 bits per heavy atom. The van der Waals surface area contributed by atoms with Crippen LogP contribution >= 0.6 is 0 Å². The van der Waals surface area contributed by atoms with Crippen molar-refractivity contribution in [3.8, 4) is 56.9 Å². The third-order valence-electron chi connectivity index (χ3n) is 26.5. The van der Waals surface area contributed by atoms with Gasteiger partial charge < -0.3 is 61.5 Å². The number of ether oxygens (including phenoxy) is 4. The highest BCUT2D eigenvalue weighted by atomic mass is 16.5. The Hall–Kier alpha value is -9.85. The maximum atomic E-state index is 12.8. The number of benzene rings is 6. The van der Waals surface area contributed by atoms with E-state index in [2.05, 4.69) is 172 Å². The third-order valence-corrected chi connectivity index (χ3v) is 26.5. The molecule has 20 heteroatoms. The van der Waals surface area contributed by atoms with Crippen LogP contribution in [0.1, 0.15) is 375 Å². The minimum atomic E-state index is -1.49. The second-order valence-corrected chi connectivity index (χ2v) is 37.8. The molecule has 0 radical (unpaired) electrons. The monoisotopic (exact) mass is 1840 g/mol. The van der Waals surface area contributed by atoms with Gasteiger partial charge in [0.05, 0.1) is 49.2 Å². The quantitative estimate of drug-likeness (QED) is 0.0169. The third kappa shape index (κ3) is 38.4. The summed E-state index contributed by atoms with van der Waals surface area (Å²) in [5, 5.41) is 24.5. The van der Waals surface area contributed by atoms with Gasteiger partial charge in [-0.1, -0.05) is 283 Å². The molecule has 10 rings (SSSR count). The van der Waals surface area contributed by atoms with E-state index in [-0.39, 0.29) is 24.1 Å². The number of carbonyl (C=O) groups excluding carboxylic acids is 4.